The van der Waals surface area contributed by atoms with Gasteiger partial charge in [-0.3, -0.25) is 9.89 Å². The molecular formula is C26H22N10O3. The Balaban J connectivity index is 1.33. The van der Waals surface area contributed by atoms with Gasteiger partial charge in [0.1, 0.15) is 18.7 Å². The van der Waals surface area contributed by atoms with Crippen LogP contribution in [0.25, 0.3) is 27.9 Å². The van der Waals surface area contributed by atoms with Crippen LogP contribution in [0.4, 0.5) is 10.7 Å². The lowest BCUT2D eigenvalue weighted by Gasteiger charge is -2.23. The number of fused-ring (bicyclic) bond motifs is 3. The molecule has 0 bridgehead atoms. The maximum atomic E-state index is 13.0. The summed E-state index contributed by atoms with van der Waals surface area (Å²) in [5, 5.41) is 27.6. The lowest BCUT2D eigenvalue weighted by atomic mass is 10.1. The third kappa shape index (κ3) is 4.66. The van der Waals surface area contributed by atoms with Crippen LogP contribution in [-0.4, -0.2) is 72.4 Å². The van der Waals surface area contributed by atoms with E-state index >= 15 is 0 Å². The van der Waals surface area contributed by atoms with Gasteiger partial charge in [0.15, 0.2) is 11.5 Å². The van der Waals surface area contributed by atoms with Gasteiger partial charge in [-0.05, 0) is 17.7 Å². The normalized spacial score (nSPS) is 15.5. The van der Waals surface area contributed by atoms with Crippen LogP contribution in [0, 0.1) is 11.3 Å². The van der Waals surface area contributed by atoms with Gasteiger partial charge in [-0.25, -0.2) is 14.8 Å². The lowest BCUT2D eigenvalue weighted by Crippen LogP contribution is -2.44. The Morgan fingerprint density at radius 3 is 2.85 bits per heavy atom. The fraction of sp³-hybridized carbons (Fsp3) is 0.192. The molecule has 3 aromatic heterocycles. The molecule has 0 aliphatic carbocycles. The molecule has 2 aromatic carbocycles. The third-order valence-corrected chi connectivity index (χ3v) is 6.35. The summed E-state index contributed by atoms with van der Waals surface area (Å²) in [7, 11) is 0. The van der Waals surface area contributed by atoms with Crippen molar-refractivity contribution in [3.63, 3.8) is 0 Å². The molecule has 0 radical (unpaired) electrons. The number of ether oxygens (including phenoxy) is 1. The van der Waals surface area contributed by atoms with Gasteiger partial charge in [-0.1, -0.05) is 36.4 Å². The van der Waals surface area contributed by atoms with Gasteiger partial charge in [0, 0.05) is 24.7 Å². The van der Waals surface area contributed by atoms with Gasteiger partial charge in [-0.15, -0.1) is 5.10 Å². The van der Waals surface area contributed by atoms with E-state index in [4.69, 9.17) is 4.74 Å². The molecule has 13 nitrogen and oxygen atoms in total. The van der Waals surface area contributed by atoms with Gasteiger partial charge >= 0.3 is 6.09 Å². The topological polar surface area (TPSA) is 166 Å². The number of rotatable bonds is 5. The number of amides is 2. The van der Waals surface area contributed by atoms with Crippen molar-refractivity contribution in [1.82, 2.24) is 40.0 Å². The summed E-state index contributed by atoms with van der Waals surface area (Å²) in [6, 6.07) is 15.9. The number of nitriles is 1. The van der Waals surface area contributed by atoms with Crippen molar-refractivity contribution < 1.29 is 14.3 Å². The van der Waals surface area contributed by atoms with Gasteiger partial charge in [-0.2, -0.15) is 14.9 Å². The van der Waals surface area contributed by atoms with Crippen molar-refractivity contribution in [2.75, 3.05) is 25.0 Å². The van der Waals surface area contributed by atoms with Gasteiger partial charge in [0.2, 0.25) is 11.9 Å². The average Bonchev–Trinajstić information content (AvgIpc) is 3.62. The molecule has 194 valence electrons. The summed E-state index contributed by atoms with van der Waals surface area (Å²) in [5.41, 5.74) is 2.73. The van der Waals surface area contributed by atoms with Crippen LogP contribution in [-0.2, 0) is 16.1 Å². The highest BCUT2D eigenvalue weighted by Gasteiger charge is 2.30. The smallest absolute Gasteiger partial charge is 0.410 e. The average molecular weight is 523 g/mol. The molecule has 6 rings (SSSR count). The zero-order chi connectivity index (χ0) is 26.8. The first kappa shape index (κ1) is 23.9. The predicted octanol–water partition coefficient (Wildman–Crippen LogP) is 2.09. The number of aromatic nitrogens is 6. The summed E-state index contributed by atoms with van der Waals surface area (Å²) in [5.74, 6) is 0.272. The van der Waals surface area contributed by atoms with E-state index in [0.717, 1.165) is 5.56 Å². The van der Waals surface area contributed by atoms with E-state index in [1.165, 1.54) is 9.42 Å². The van der Waals surface area contributed by atoms with Crippen molar-refractivity contribution in [3.05, 3.63) is 72.1 Å². The van der Waals surface area contributed by atoms with E-state index in [-0.39, 0.29) is 38.1 Å². The molecular weight excluding hydrogens is 500 g/mol. The van der Waals surface area contributed by atoms with E-state index < -0.39 is 12.1 Å². The number of H-pyrrole nitrogens is 1. The first-order valence-corrected chi connectivity index (χ1v) is 12.2. The maximum absolute atomic E-state index is 13.0. The Morgan fingerprint density at radius 1 is 1.18 bits per heavy atom. The summed E-state index contributed by atoms with van der Waals surface area (Å²) in [4.78, 5) is 36.7. The van der Waals surface area contributed by atoms with Crippen molar-refractivity contribution in [1.29, 1.82) is 5.26 Å². The van der Waals surface area contributed by atoms with Crippen LogP contribution in [0.2, 0.25) is 0 Å². The Labute approximate surface area is 221 Å². The van der Waals surface area contributed by atoms with Crippen molar-refractivity contribution in [3.8, 4) is 17.5 Å². The highest BCUT2D eigenvalue weighted by molar-refractivity contribution is 5.96. The van der Waals surface area contributed by atoms with Crippen molar-refractivity contribution >= 4 is 34.5 Å². The summed E-state index contributed by atoms with van der Waals surface area (Å²) >= 11 is 0. The minimum absolute atomic E-state index is 0.0316. The molecule has 1 aliphatic rings. The minimum atomic E-state index is -0.874. The SMILES string of the molecule is N#Cc1cccc2c1nc(N[C@@H]1CN(C(=O)OCc3ccccc3)CCNC1=O)n1nc(-c3cn[nH]c3)nc21. The number of benzene rings is 2. The quantitative estimate of drug-likeness (QED) is 0.313. The second kappa shape index (κ2) is 10.1. The number of para-hydroxylation sites is 1. The zero-order valence-corrected chi connectivity index (χ0v) is 20.5. The van der Waals surface area contributed by atoms with E-state index in [0.29, 0.717) is 33.5 Å². The number of carbonyl (C=O) groups is 2. The van der Waals surface area contributed by atoms with Crippen molar-refractivity contribution in [2.24, 2.45) is 0 Å². The second-order valence-corrected chi connectivity index (χ2v) is 8.88. The van der Waals surface area contributed by atoms with Gasteiger partial charge in [0.25, 0.3) is 0 Å². The Morgan fingerprint density at radius 2 is 2.05 bits per heavy atom. The van der Waals surface area contributed by atoms with E-state index in [9.17, 15) is 14.9 Å². The lowest BCUT2D eigenvalue weighted by molar-refractivity contribution is -0.121. The molecule has 2 amide bonds. The van der Waals surface area contributed by atoms with E-state index in [2.05, 4.69) is 42.0 Å². The number of anilines is 1. The fourth-order valence-corrected chi connectivity index (χ4v) is 4.39. The molecule has 5 aromatic rings. The molecule has 1 atom stereocenters. The van der Waals surface area contributed by atoms with Crippen molar-refractivity contribution in [2.45, 2.75) is 12.6 Å². The largest absolute Gasteiger partial charge is 0.445 e. The molecule has 1 saturated heterocycles. The Bertz CT molecular complexity index is 1710. The Hall–Kier alpha value is -5.51. The molecule has 0 spiro atoms. The number of nitrogens with one attached hydrogen (secondary N) is 3. The van der Waals surface area contributed by atoms with E-state index in [1.807, 2.05) is 30.3 Å². The van der Waals surface area contributed by atoms with Gasteiger partial charge < -0.3 is 20.3 Å². The molecule has 13 heteroatoms. The minimum Gasteiger partial charge on any atom is -0.445 e. The van der Waals surface area contributed by atoms with Gasteiger partial charge in [0.05, 0.1) is 29.4 Å². The van der Waals surface area contributed by atoms with Crippen LogP contribution in [0.3, 0.4) is 0 Å². The molecule has 39 heavy (non-hydrogen) atoms. The summed E-state index contributed by atoms with van der Waals surface area (Å²) in [6.45, 7) is 0.703. The van der Waals surface area contributed by atoms with Crippen LogP contribution in [0.1, 0.15) is 11.1 Å². The molecule has 4 heterocycles. The summed E-state index contributed by atoms with van der Waals surface area (Å²) in [6.07, 6.45) is 2.72. The number of carbonyl (C=O) groups excluding carboxylic acids is 2. The van der Waals surface area contributed by atoms with Crippen LogP contribution in [0.5, 0.6) is 0 Å². The second-order valence-electron chi connectivity index (χ2n) is 8.88. The van der Waals surface area contributed by atoms with Crippen LogP contribution < -0.4 is 10.6 Å². The molecule has 1 aliphatic heterocycles. The first-order chi connectivity index (χ1) is 19.1. The first-order valence-electron chi connectivity index (χ1n) is 12.2. The number of nitrogens with zero attached hydrogens (tertiary/aromatic N) is 7. The number of hydrogen-bond donors (Lipinski definition) is 3. The molecule has 3 N–H and O–H groups in total. The molecule has 0 unspecified atom stereocenters. The fourth-order valence-electron chi connectivity index (χ4n) is 4.39. The van der Waals surface area contributed by atoms with E-state index in [1.54, 1.807) is 30.6 Å². The monoisotopic (exact) mass is 522 g/mol. The maximum Gasteiger partial charge on any atom is 0.410 e. The Kier molecular flexibility index (Phi) is 6.18. The van der Waals surface area contributed by atoms with Crippen LogP contribution in [0.15, 0.2) is 60.9 Å². The highest BCUT2D eigenvalue weighted by Crippen LogP contribution is 2.26. The zero-order valence-electron chi connectivity index (χ0n) is 20.5. The molecule has 1 fully saturated rings. The summed E-state index contributed by atoms with van der Waals surface area (Å²) < 4.78 is 6.98. The molecule has 0 saturated carbocycles. The highest BCUT2D eigenvalue weighted by atomic mass is 16.6. The van der Waals surface area contributed by atoms with Crippen LogP contribution >= 0.6 is 0 Å². The number of hydrogen-bond acceptors (Lipinski definition) is 9. The standard InChI is InChI=1S/C26H22N10O3/c27-11-17-7-4-8-19-21(17)32-25(36-23(19)33-22(34-36)18-12-29-30-13-18)31-20-14-35(10-9-28-24(20)37)26(38)39-15-16-5-2-1-3-6-16/h1-8,12-13,20H,9-10,14-15H2,(H,28,37)(H,29,30)(H,31,32)/t20-/m1/s1. The number of aromatic amines is 1. The predicted molar refractivity (Wildman–Crippen MR) is 139 cm³/mol. The third-order valence-electron chi connectivity index (χ3n) is 6.35.